The molecular formula is C16H24ClNO. The van der Waals surface area contributed by atoms with E-state index in [2.05, 4.69) is 39.1 Å². The predicted molar refractivity (Wildman–Crippen MR) is 81.6 cm³/mol. The second-order valence-electron chi connectivity index (χ2n) is 5.63. The van der Waals surface area contributed by atoms with Crippen LogP contribution in [0.3, 0.4) is 0 Å². The van der Waals surface area contributed by atoms with Crippen LogP contribution >= 0.6 is 11.6 Å². The van der Waals surface area contributed by atoms with E-state index in [1.54, 1.807) is 0 Å². The molecule has 1 amide bonds. The molecule has 0 atom stereocenters. The van der Waals surface area contributed by atoms with Crippen molar-refractivity contribution in [2.24, 2.45) is 5.92 Å². The summed E-state index contributed by atoms with van der Waals surface area (Å²) in [6.07, 6.45) is 1.78. The van der Waals surface area contributed by atoms with Crippen LogP contribution in [0.25, 0.3) is 0 Å². The standard InChI is InChI=1S/C16H24ClNO/c1-5-12(6-2)15(19)18-11-16(3,4)13-8-7-9-14(17)10-13/h7-10,12H,5-6,11H2,1-4H3,(H,18,19). The van der Waals surface area contributed by atoms with Gasteiger partial charge in [-0.15, -0.1) is 0 Å². The molecule has 0 unspecified atom stereocenters. The zero-order valence-electron chi connectivity index (χ0n) is 12.3. The number of nitrogens with one attached hydrogen (secondary N) is 1. The van der Waals surface area contributed by atoms with Crippen molar-refractivity contribution in [1.29, 1.82) is 0 Å². The highest BCUT2D eigenvalue weighted by Crippen LogP contribution is 2.25. The Kier molecular flexibility index (Phi) is 5.86. The van der Waals surface area contributed by atoms with Gasteiger partial charge in [-0.3, -0.25) is 4.79 Å². The first-order valence-electron chi connectivity index (χ1n) is 6.94. The summed E-state index contributed by atoms with van der Waals surface area (Å²) in [5, 5.41) is 3.79. The van der Waals surface area contributed by atoms with Crippen molar-refractivity contribution in [3.05, 3.63) is 34.9 Å². The van der Waals surface area contributed by atoms with E-state index in [0.29, 0.717) is 6.54 Å². The Bertz CT molecular complexity index is 425. The fourth-order valence-corrected chi connectivity index (χ4v) is 2.31. The minimum atomic E-state index is -0.118. The second kappa shape index (κ2) is 6.95. The Morgan fingerprint density at radius 1 is 1.32 bits per heavy atom. The van der Waals surface area contributed by atoms with Gasteiger partial charge < -0.3 is 5.32 Å². The molecule has 3 heteroatoms. The highest BCUT2D eigenvalue weighted by atomic mass is 35.5. The van der Waals surface area contributed by atoms with Crippen molar-refractivity contribution >= 4 is 17.5 Å². The molecule has 0 aliphatic rings. The van der Waals surface area contributed by atoms with Gasteiger partial charge in [0, 0.05) is 22.9 Å². The molecule has 0 spiro atoms. The molecule has 0 aliphatic carbocycles. The Morgan fingerprint density at radius 3 is 2.47 bits per heavy atom. The van der Waals surface area contributed by atoms with E-state index in [9.17, 15) is 4.79 Å². The molecule has 0 heterocycles. The summed E-state index contributed by atoms with van der Waals surface area (Å²) in [6, 6.07) is 7.83. The van der Waals surface area contributed by atoms with Gasteiger partial charge in [0.1, 0.15) is 0 Å². The number of carbonyl (C=O) groups is 1. The molecule has 0 fully saturated rings. The molecule has 1 rings (SSSR count). The average molecular weight is 282 g/mol. The fraction of sp³-hybridized carbons (Fsp3) is 0.562. The third-order valence-corrected chi connectivity index (χ3v) is 3.90. The van der Waals surface area contributed by atoms with Crippen LogP contribution in [-0.4, -0.2) is 12.5 Å². The number of hydrogen-bond acceptors (Lipinski definition) is 1. The molecule has 1 aromatic carbocycles. The van der Waals surface area contributed by atoms with E-state index in [4.69, 9.17) is 11.6 Å². The predicted octanol–water partition coefficient (Wildman–Crippen LogP) is 4.17. The first-order chi connectivity index (χ1) is 8.90. The largest absolute Gasteiger partial charge is 0.355 e. The van der Waals surface area contributed by atoms with Gasteiger partial charge in [0.05, 0.1) is 0 Å². The van der Waals surface area contributed by atoms with Crippen molar-refractivity contribution in [3.63, 3.8) is 0 Å². The van der Waals surface area contributed by atoms with E-state index in [1.165, 1.54) is 0 Å². The van der Waals surface area contributed by atoms with Crippen molar-refractivity contribution in [2.45, 2.75) is 46.0 Å². The quantitative estimate of drug-likeness (QED) is 0.833. The number of amides is 1. The highest BCUT2D eigenvalue weighted by Gasteiger charge is 2.23. The van der Waals surface area contributed by atoms with E-state index in [-0.39, 0.29) is 17.2 Å². The summed E-state index contributed by atoms with van der Waals surface area (Å²) in [5.41, 5.74) is 1.02. The maximum Gasteiger partial charge on any atom is 0.223 e. The number of carbonyl (C=O) groups excluding carboxylic acids is 1. The monoisotopic (exact) mass is 281 g/mol. The molecule has 106 valence electrons. The van der Waals surface area contributed by atoms with Crippen LogP contribution in [0, 0.1) is 5.92 Å². The van der Waals surface area contributed by atoms with E-state index in [1.807, 2.05) is 18.2 Å². The topological polar surface area (TPSA) is 29.1 Å². The van der Waals surface area contributed by atoms with Crippen molar-refractivity contribution in [3.8, 4) is 0 Å². The lowest BCUT2D eigenvalue weighted by Crippen LogP contribution is -2.39. The van der Waals surface area contributed by atoms with E-state index in [0.717, 1.165) is 23.4 Å². The Labute approximate surface area is 121 Å². The van der Waals surface area contributed by atoms with Crippen molar-refractivity contribution in [2.75, 3.05) is 6.54 Å². The molecule has 0 saturated carbocycles. The van der Waals surface area contributed by atoms with Gasteiger partial charge in [0.2, 0.25) is 5.91 Å². The molecule has 0 bridgehead atoms. The van der Waals surface area contributed by atoms with Gasteiger partial charge in [-0.2, -0.15) is 0 Å². The number of hydrogen-bond donors (Lipinski definition) is 1. The van der Waals surface area contributed by atoms with Crippen LogP contribution in [0.2, 0.25) is 5.02 Å². The smallest absolute Gasteiger partial charge is 0.223 e. The molecule has 0 aromatic heterocycles. The van der Waals surface area contributed by atoms with Gasteiger partial charge in [-0.05, 0) is 30.5 Å². The van der Waals surface area contributed by atoms with E-state index >= 15 is 0 Å². The van der Waals surface area contributed by atoms with Crippen LogP contribution in [0.15, 0.2) is 24.3 Å². The van der Waals surface area contributed by atoms with Gasteiger partial charge in [-0.25, -0.2) is 0 Å². The van der Waals surface area contributed by atoms with Crippen LogP contribution in [-0.2, 0) is 10.2 Å². The van der Waals surface area contributed by atoms with Crippen LogP contribution in [0.4, 0.5) is 0 Å². The summed E-state index contributed by atoms with van der Waals surface area (Å²) >= 11 is 6.02. The van der Waals surface area contributed by atoms with Crippen LogP contribution in [0.5, 0.6) is 0 Å². The van der Waals surface area contributed by atoms with Crippen molar-refractivity contribution < 1.29 is 4.79 Å². The zero-order chi connectivity index (χ0) is 14.5. The third-order valence-electron chi connectivity index (χ3n) is 3.67. The average Bonchev–Trinajstić information content (AvgIpc) is 2.38. The number of benzene rings is 1. The molecule has 19 heavy (non-hydrogen) atoms. The number of halogens is 1. The van der Waals surface area contributed by atoms with Crippen LogP contribution in [0.1, 0.15) is 46.1 Å². The SMILES string of the molecule is CCC(CC)C(=O)NCC(C)(C)c1cccc(Cl)c1. The minimum Gasteiger partial charge on any atom is -0.355 e. The fourth-order valence-electron chi connectivity index (χ4n) is 2.12. The molecular weight excluding hydrogens is 258 g/mol. The second-order valence-corrected chi connectivity index (χ2v) is 6.06. The highest BCUT2D eigenvalue weighted by molar-refractivity contribution is 6.30. The molecule has 0 radical (unpaired) electrons. The third kappa shape index (κ3) is 4.54. The summed E-state index contributed by atoms with van der Waals surface area (Å²) < 4.78 is 0. The van der Waals surface area contributed by atoms with Gasteiger partial charge in [0.15, 0.2) is 0 Å². The zero-order valence-corrected chi connectivity index (χ0v) is 13.1. The first-order valence-corrected chi connectivity index (χ1v) is 7.32. The number of rotatable bonds is 6. The van der Waals surface area contributed by atoms with Crippen molar-refractivity contribution in [1.82, 2.24) is 5.32 Å². The summed E-state index contributed by atoms with van der Waals surface area (Å²) in [7, 11) is 0. The van der Waals surface area contributed by atoms with E-state index < -0.39 is 0 Å². The molecule has 1 N–H and O–H groups in total. The van der Waals surface area contributed by atoms with Gasteiger partial charge in [-0.1, -0.05) is 51.4 Å². The Balaban J connectivity index is 2.67. The summed E-state index contributed by atoms with van der Waals surface area (Å²) in [5.74, 6) is 0.273. The Hall–Kier alpha value is -1.02. The van der Waals surface area contributed by atoms with Gasteiger partial charge >= 0.3 is 0 Å². The summed E-state index contributed by atoms with van der Waals surface area (Å²) in [6.45, 7) is 8.96. The molecule has 2 nitrogen and oxygen atoms in total. The van der Waals surface area contributed by atoms with Gasteiger partial charge in [0.25, 0.3) is 0 Å². The normalized spacial score (nSPS) is 11.7. The lowest BCUT2D eigenvalue weighted by atomic mass is 9.84. The molecule has 1 aromatic rings. The molecule has 0 saturated heterocycles. The maximum absolute atomic E-state index is 12.0. The van der Waals surface area contributed by atoms with Crippen LogP contribution < -0.4 is 5.32 Å². The summed E-state index contributed by atoms with van der Waals surface area (Å²) in [4.78, 5) is 12.0. The lowest BCUT2D eigenvalue weighted by Gasteiger charge is -2.27. The maximum atomic E-state index is 12.0. The molecule has 0 aliphatic heterocycles. The minimum absolute atomic E-state index is 0.118. The Morgan fingerprint density at radius 2 is 1.95 bits per heavy atom. The first kappa shape index (κ1) is 16.0. The lowest BCUT2D eigenvalue weighted by molar-refractivity contribution is -0.125.